The number of pyridine rings is 1. The number of rotatable bonds is 4. The molecule has 0 aliphatic heterocycles. The molecule has 1 N–H and O–H groups in total. The summed E-state index contributed by atoms with van der Waals surface area (Å²) in [7, 11) is 1.64. The van der Waals surface area contributed by atoms with Crippen molar-refractivity contribution in [2.45, 2.75) is 0 Å². The highest BCUT2D eigenvalue weighted by atomic mass is 19.1. The average Bonchev–Trinajstić information content (AvgIpc) is 2.42. The Morgan fingerprint density at radius 1 is 1.30 bits per heavy atom. The van der Waals surface area contributed by atoms with Gasteiger partial charge >= 0.3 is 5.69 Å². The maximum absolute atomic E-state index is 13.6. The van der Waals surface area contributed by atoms with Gasteiger partial charge in [0, 0.05) is 25.4 Å². The molecule has 0 aliphatic carbocycles. The van der Waals surface area contributed by atoms with Crippen LogP contribution in [0.25, 0.3) is 0 Å². The van der Waals surface area contributed by atoms with Crippen molar-refractivity contribution in [3.05, 3.63) is 52.2 Å². The van der Waals surface area contributed by atoms with Gasteiger partial charge in [0.1, 0.15) is 11.6 Å². The third-order valence-corrected chi connectivity index (χ3v) is 2.41. The second-order valence-electron chi connectivity index (χ2n) is 3.72. The van der Waals surface area contributed by atoms with Gasteiger partial charge in [0.25, 0.3) is 0 Å². The quantitative estimate of drug-likeness (QED) is 0.688. The minimum absolute atomic E-state index is 0.219. The number of ether oxygens (including phenoxy) is 1. The van der Waals surface area contributed by atoms with E-state index in [-0.39, 0.29) is 5.75 Å². The minimum atomic E-state index is -1.17. The molecule has 0 saturated heterocycles. The molecule has 1 aromatic heterocycles. The highest BCUT2D eigenvalue weighted by molar-refractivity contribution is 5.44. The van der Waals surface area contributed by atoms with Crippen LogP contribution in [0.4, 0.5) is 20.3 Å². The molecule has 6 nitrogen and oxygen atoms in total. The summed E-state index contributed by atoms with van der Waals surface area (Å²) in [5, 5.41) is 13.2. The van der Waals surface area contributed by atoms with Crippen molar-refractivity contribution in [1.82, 2.24) is 4.98 Å². The van der Waals surface area contributed by atoms with Gasteiger partial charge in [-0.1, -0.05) is 0 Å². The van der Waals surface area contributed by atoms with Crippen molar-refractivity contribution in [2.24, 2.45) is 0 Å². The molecule has 2 rings (SSSR count). The number of anilines is 1. The third-order valence-electron chi connectivity index (χ3n) is 2.41. The normalized spacial score (nSPS) is 10.2. The monoisotopic (exact) mass is 281 g/mol. The lowest BCUT2D eigenvalue weighted by Gasteiger charge is -2.08. The van der Waals surface area contributed by atoms with E-state index in [4.69, 9.17) is 4.74 Å². The summed E-state index contributed by atoms with van der Waals surface area (Å²) >= 11 is 0. The molecule has 0 spiro atoms. The van der Waals surface area contributed by atoms with E-state index in [9.17, 15) is 18.9 Å². The Morgan fingerprint density at radius 3 is 2.70 bits per heavy atom. The van der Waals surface area contributed by atoms with Gasteiger partial charge in [0.15, 0.2) is 11.6 Å². The first-order valence-electron chi connectivity index (χ1n) is 5.46. The zero-order valence-corrected chi connectivity index (χ0v) is 10.3. The lowest BCUT2D eigenvalue weighted by atomic mass is 10.2. The SMILES string of the molecule is CNc1cc(Oc2cc(F)c([N+](=O)[O-])cc2F)ccn1. The first-order valence-corrected chi connectivity index (χ1v) is 5.46. The topological polar surface area (TPSA) is 77.3 Å². The highest BCUT2D eigenvalue weighted by Crippen LogP contribution is 2.30. The van der Waals surface area contributed by atoms with Gasteiger partial charge in [0.05, 0.1) is 11.0 Å². The van der Waals surface area contributed by atoms with Crippen molar-refractivity contribution < 1.29 is 18.4 Å². The Balaban J connectivity index is 2.34. The average molecular weight is 281 g/mol. The van der Waals surface area contributed by atoms with Crippen molar-refractivity contribution in [3.8, 4) is 11.5 Å². The van der Waals surface area contributed by atoms with E-state index in [0.717, 1.165) is 0 Å². The molecule has 0 amide bonds. The lowest BCUT2D eigenvalue weighted by Crippen LogP contribution is -1.97. The van der Waals surface area contributed by atoms with Gasteiger partial charge in [-0.3, -0.25) is 10.1 Å². The van der Waals surface area contributed by atoms with E-state index in [2.05, 4.69) is 10.3 Å². The van der Waals surface area contributed by atoms with Crippen molar-refractivity contribution in [1.29, 1.82) is 0 Å². The smallest absolute Gasteiger partial charge is 0.307 e. The Bertz CT molecular complexity index is 664. The van der Waals surface area contributed by atoms with E-state index >= 15 is 0 Å². The molecular weight excluding hydrogens is 272 g/mol. The number of aromatic nitrogens is 1. The van der Waals surface area contributed by atoms with Crippen LogP contribution in [0.5, 0.6) is 11.5 Å². The maximum atomic E-state index is 13.6. The fourth-order valence-electron chi connectivity index (χ4n) is 1.47. The third kappa shape index (κ3) is 2.79. The fraction of sp³-hybridized carbons (Fsp3) is 0.0833. The molecule has 0 saturated carbocycles. The molecule has 0 atom stereocenters. The Kier molecular flexibility index (Phi) is 3.74. The van der Waals surface area contributed by atoms with Gasteiger partial charge in [-0.15, -0.1) is 0 Å². The van der Waals surface area contributed by atoms with Crippen LogP contribution < -0.4 is 10.1 Å². The zero-order valence-electron chi connectivity index (χ0n) is 10.3. The summed E-state index contributed by atoms with van der Waals surface area (Å²) in [6, 6.07) is 4.02. The number of nitrogens with one attached hydrogen (secondary N) is 1. The van der Waals surface area contributed by atoms with Crippen LogP contribution in [0.2, 0.25) is 0 Å². The molecule has 0 unspecified atom stereocenters. The summed E-state index contributed by atoms with van der Waals surface area (Å²) in [6.07, 6.45) is 1.42. The maximum Gasteiger partial charge on any atom is 0.307 e. The molecule has 1 heterocycles. The molecule has 2 aromatic rings. The Morgan fingerprint density at radius 2 is 2.05 bits per heavy atom. The molecule has 0 fully saturated rings. The zero-order chi connectivity index (χ0) is 14.7. The molecule has 8 heteroatoms. The summed E-state index contributed by atoms with van der Waals surface area (Å²) in [5.74, 6) is -1.95. The van der Waals surface area contributed by atoms with Gasteiger partial charge in [-0.05, 0) is 6.07 Å². The van der Waals surface area contributed by atoms with Crippen LogP contribution in [0.15, 0.2) is 30.5 Å². The van der Waals surface area contributed by atoms with Crippen LogP contribution in [0.1, 0.15) is 0 Å². The number of benzene rings is 1. The number of nitro groups is 1. The molecule has 0 aliphatic rings. The van der Waals surface area contributed by atoms with Gasteiger partial charge < -0.3 is 10.1 Å². The van der Waals surface area contributed by atoms with E-state index in [1.54, 1.807) is 7.05 Å². The number of nitrogens with zero attached hydrogens (tertiary/aromatic N) is 2. The Hall–Kier alpha value is -2.77. The minimum Gasteiger partial charge on any atom is -0.454 e. The first-order chi connectivity index (χ1) is 9.51. The van der Waals surface area contributed by atoms with Crippen LogP contribution in [0.3, 0.4) is 0 Å². The number of halogens is 2. The van der Waals surface area contributed by atoms with Crippen LogP contribution >= 0.6 is 0 Å². The van der Waals surface area contributed by atoms with E-state index < -0.39 is 28.0 Å². The predicted octanol–water partition coefficient (Wildman–Crippen LogP) is 3.10. The second kappa shape index (κ2) is 5.47. The van der Waals surface area contributed by atoms with Crippen LogP contribution in [-0.2, 0) is 0 Å². The molecule has 0 bridgehead atoms. The fourth-order valence-corrected chi connectivity index (χ4v) is 1.47. The largest absolute Gasteiger partial charge is 0.454 e. The molecule has 20 heavy (non-hydrogen) atoms. The molecular formula is C12H9F2N3O3. The number of hydrogen-bond donors (Lipinski definition) is 1. The van der Waals surface area contributed by atoms with E-state index in [1.807, 2.05) is 0 Å². The molecule has 0 radical (unpaired) electrons. The number of hydrogen-bond acceptors (Lipinski definition) is 5. The highest BCUT2D eigenvalue weighted by Gasteiger charge is 2.19. The Labute approximate surface area is 112 Å². The standard InChI is InChI=1S/C12H9F2N3O3/c1-15-12-4-7(2-3-16-12)20-11-6-8(13)10(17(18)19)5-9(11)14/h2-6H,1H3,(H,15,16). The van der Waals surface area contributed by atoms with Crippen molar-refractivity contribution >= 4 is 11.5 Å². The lowest BCUT2D eigenvalue weighted by molar-refractivity contribution is -0.387. The number of nitro benzene ring substituents is 1. The summed E-state index contributed by atoms with van der Waals surface area (Å²) in [6.45, 7) is 0. The summed E-state index contributed by atoms with van der Waals surface area (Å²) in [5.41, 5.74) is -0.944. The van der Waals surface area contributed by atoms with Crippen LogP contribution in [-0.4, -0.2) is 17.0 Å². The summed E-state index contributed by atoms with van der Waals surface area (Å²) < 4.78 is 32.2. The van der Waals surface area contributed by atoms with Gasteiger partial charge in [-0.2, -0.15) is 4.39 Å². The first kappa shape index (κ1) is 13.7. The second-order valence-corrected chi connectivity index (χ2v) is 3.72. The van der Waals surface area contributed by atoms with E-state index in [1.165, 1.54) is 18.3 Å². The predicted molar refractivity (Wildman–Crippen MR) is 66.9 cm³/mol. The van der Waals surface area contributed by atoms with Crippen molar-refractivity contribution in [2.75, 3.05) is 12.4 Å². The van der Waals surface area contributed by atoms with E-state index in [0.29, 0.717) is 18.0 Å². The van der Waals surface area contributed by atoms with Crippen LogP contribution in [0, 0.1) is 21.7 Å². The molecule has 1 aromatic carbocycles. The molecule has 104 valence electrons. The van der Waals surface area contributed by atoms with Gasteiger partial charge in [-0.25, -0.2) is 9.37 Å². The van der Waals surface area contributed by atoms with Gasteiger partial charge in [0.2, 0.25) is 5.82 Å². The van der Waals surface area contributed by atoms with Crippen molar-refractivity contribution in [3.63, 3.8) is 0 Å². The summed E-state index contributed by atoms with van der Waals surface area (Å²) in [4.78, 5) is 13.4.